The maximum absolute atomic E-state index is 12.3. The average Bonchev–Trinajstić information content (AvgIpc) is 2.43. The van der Waals surface area contributed by atoms with Crippen molar-refractivity contribution in [1.29, 1.82) is 0 Å². The monoisotopic (exact) mass is 297 g/mol. The maximum Gasteiger partial charge on any atom is 0.240 e. The van der Waals surface area contributed by atoms with Crippen LogP contribution in [0.25, 0.3) is 0 Å². The molecule has 2 rings (SSSR count). The fourth-order valence-electron chi connectivity index (χ4n) is 2.24. The first kappa shape index (κ1) is 15.0. The topological polar surface area (TPSA) is 92.5 Å². The molecule has 0 radical (unpaired) electrons. The predicted molar refractivity (Wildman–Crippen MR) is 75.3 cm³/mol. The van der Waals surface area contributed by atoms with E-state index in [1.165, 1.54) is 0 Å². The van der Waals surface area contributed by atoms with Gasteiger partial charge in [-0.1, -0.05) is 12.1 Å². The summed E-state index contributed by atoms with van der Waals surface area (Å²) in [5.41, 5.74) is 6.29. The summed E-state index contributed by atoms with van der Waals surface area (Å²) in [6.07, 6.45) is 0.894. The van der Waals surface area contributed by atoms with Gasteiger partial charge in [0.1, 0.15) is 0 Å². The fraction of sp³-hybridized carbons (Fsp3) is 0.462. The molecule has 110 valence electrons. The van der Waals surface area contributed by atoms with Crippen molar-refractivity contribution < 1.29 is 13.2 Å². The largest absolute Gasteiger partial charge is 0.344 e. The molecule has 0 aliphatic carbocycles. The van der Waals surface area contributed by atoms with Gasteiger partial charge in [-0.05, 0) is 24.1 Å². The number of piperidine rings is 1. The molecule has 1 aromatic rings. The molecule has 6 nitrogen and oxygen atoms in total. The summed E-state index contributed by atoms with van der Waals surface area (Å²) in [5, 5.41) is 0. The van der Waals surface area contributed by atoms with Crippen LogP contribution in [0.3, 0.4) is 0 Å². The van der Waals surface area contributed by atoms with Gasteiger partial charge in [-0.2, -0.15) is 0 Å². The number of nitrogens with one attached hydrogen (secondary N) is 1. The second-order valence-corrected chi connectivity index (χ2v) is 6.70. The Balaban J connectivity index is 2.13. The van der Waals surface area contributed by atoms with E-state index < -0.39 is 10.0 Å². The van der Waals surface area contributed by atoms with Gasteiger partial charge in [0.05, 0.1) is 4.90 Å². The van der Waals surface area contributed by atoms with Crippen LogP contribution in [0.4, 0.5) is 0 Å². The van der Waals surface area contributed by atoms with Crippen molar-refractivity contribution in [3.05, 3.63) is 29.8 Å². The zero-order valence-corrected chi connectivity index (χ0v) is 12.2. The van der Waals surface area contributed by atoms with Crippen LogP contribution in [-0.4, -0.2) is 38.9 Å². The highest BCUT2D eigenvalue weighted by molar-refractivity contribution is 7.89. The Kier molecular flexibility index (Phi) is 4.42. The predicted octanol–water partition coefficient (Wildman–Crippen LogP) is 0.0444. The SMILES string of the molecule is CN1CC(NS(=O)(=O)c2cccc(CN)c2)CCC1=O. The molecular weight excluding hydrogens is 278 g/mol. The lowest BCUT2D eigenvalue weighted by Gasteiger charge is -2.29. The van der Waals surface area contributed by atoms with E-state index in [4.69, 9.17) is 5.73 Å². The van der Waals surface area contributed by atoms with Crippen molar-refractivity contribution in [2.45, 2.75) is 30.3 Å². The van der Waals surface area contributed by atoms with Crippen LogP contribution in [0.15, 0.2) is 29.2 Å². The lowest BCUT2D eigenvalue weighted by atomic mass is 10.1. The van der Waals surface area contributed by atoms with Crippen LogP contribution in [0.1, 0.15) is 18.4 Å². The molecule has 1 unspecified atom stereocenters. The number of carbonyl (C=O) groups excluding carboxylic acids is 1. The molecule has 1 atom stereocenters. The number of nitrogens with zero attached hydrogens (tertiary/aromatic N) is 1. The number of hydrogen-bond donors (Lipinski definition) is 2. The van der Waals surface area contributed by atoms with Crippen LogP contribution in [0.5, 0.6) is 0 Å². The molecular formula is C13H19N3O3S. The van der Waals surface area contributed by atoms with Crippen LogP contribution >= 0.6 is 0 Å². The molecule has 1 saturated heterocycles. The third-order valence-electron chi connectivity index (χ3n) is 3.39. The van der Waals surface area contributed by atoms with E-state index in [0.29, 0.717) is 25.9 Å². The number of hydrogen-bond acceptors (Lipinski definition) is 4. The minimum absolute atomic E-state index is 0.0468. The average molecular weight is 297 g/mol. The molecule has 7 heteroatoms. The summed E-state index contributed by atoms with van der Waals surface area (Å²) in [6, 6.07) is 6.32. The quantitative estimate of drug-likeness (QED) is 0.821. The summed E-state index contributed by atoms with van der Waals surface area (Å²) >= 11 is 0. The lowest BCUT2D eigenvalue weighted by Crippen LogP contribution is -2.48. The van der Waals surface area contributed by atoms with Crippen molar-refractivity contribution in [1.82, 2.24) is 9.62 Å². The molecule has 1 amide bonds. The minimum Gasteiger partial charge on any atom is -0.344 e. The Hall–Kier alpha value is -1.44. The van der Waals surface area contributed by atoms with E-state index in [-0.39, 0.29) is 16.8 Å². The van der Waals surface area contributed by atoms with Gasteiger partial charge < -0.3 is 10.6 Å². The second kappa shape index (κ2) is 5.90. The summed E-state index contributed by atoms with van der Waals surface area (Å²) in [5.74, 6) is 0.0468. The Morgan fingerprint density at radius 1 is 1.45 bits per heavy atom. The third-order valence-corrected chi connectivity index (χ3v) is 4.91. The first-order chi connectivity index (χ1) is 9.42. The van der Waals surface area contributed by atoms with Gasteiger partial charge in [-0.15, -0.1) is 0 Å². The molecule has 3 N–H and O–H groups in total. The van der Waals surface area contributed by atoms with Gasteiger partial charge in [-0.3, -0.25) is 4.79 Å². The fourth-order valence-corrected chi connectivity index (χ4v) is 3.57. The number of benzene rings is 1. The highest BCUT2D eigenvalue weighted by Gasteiger charge is 2.27. The molecule has 20 heavy (non-hydrogen) atoms. The molecule has 0 bridgehead atoms. The number of rotatable bonds is 4. The summed E-state index contributed by atoms with van der Waals surface area (Å²) in [4.78, 5) is 13.2. The molecule has 1 aliphatic rings. The highest BCUT2D eigenvalue weighted by atomic mass is 32.2. The Labute approximate surface area is 119 Å². The van der Waals surface area contributed by atoms with Crippen LogP contribution in [-0.2, 0) is 21.4 Å². The van der Waals surface area contributed by atoms with E-state index >= 15 is 0 Å². The molecule has 0 aromatic heterocycles. The van der Waals surface area contributed by atoms with E-state index in [1.807, 2.05) is 0 Å². The zero-order valence-electron chi connectivity index (χ0n) is 11.4. The van der Waals surface area contributed by atoms with Crippen molar-refractivity contribution in [3.63, 3.8) is 0 Å². The van der Waals surface area contributed by atoms with E-state index in [0.717, 1.165) is 5.56 Å². The highest BCUT2D eigenvalue weighted by Crippen LogP contribution is 2.15. The standard InChI is InChI=1S/C13H19N3O3S/c1-16-9-11(5-6-13(16)17)15-20(18,19)12-4-2-3-10(7-12)8-14/h2-4,7,11,15H,5-6,8-9,14H2,1H3. The van der Waals surface area contributed by atoms with Crippen molar-refractivity contribution in [2.75, 3.05) is 13.6 Å². The first-order valence-corrected chi connectivity index (χ1v) is 7.96. The van der Waals surface area contributed by atoms with Crippen molar-refractivity contribution in [3.8, 4) is 0 Å². The number of likely N-dealkylation sites (tertiary alicyclic amines) is 1. The van der Waals surface area contributed by atoms with Gasteiger partial charge in [0.25, 0.3) is 0 Å². The molecule has 1 aliphatic heterocycles. The molecule has 0 spiro atoms. The number of carbonyl (C=O) groups is 1. The molecule has 1 fully saturated rings. The van der Waals surface area contributed by atoms with Gasteiger partial charge in [0.2, 0.25) is 15.9 Å². The minimum atomic E-state index is -3.58. The maximum atomic E-state index is 12.3. The second-order valence-electron chi connectivity index (χ2n) is 4.98. The smallest absolute Gasteiger partial charge is 0.240 e. The molecule has 0 saturated carbocycles. The number of likely N-dealkylation sites (N-methyl/N-ethyl adjacent to an activating group) is 1. The van der Waals surface area contributed by atoms with Gasteiger partial charge in [0.15, 0.2) is 0 Å². The van der Waals surface area contributed by atoms with Crippen molar-refractivity contribution in [2.24, 2.45) is 5.73 Å². The Bertz CT molecular complexity index is 601. The molecule has 1 heterocycles. The third kappa shape index (κ3) is 3.36. The summed E-state index contributed by atoms with van der Waals surface area (Å²) in [7, 11) is -1.90. The van der Waals surface area contributed by atoms with E-state index in [9.17, 15) is 13.2 Å². The summed E-state index contributed by atoms with van der Waals surface area (Å²) < 4.78 is 27.3. The molecule has 1 aromatic carbocycles. The first-order valence-electron chi connectivity index (χ1n) is 6.47. The van der Waals surface area contributed by atoms with E-state index in [1.54, 1.807) is 36.2 Å². The van der Waals surface area contributed by atoms with Gasteiger partial charge >= 0.3 is 0 Å². The van der Waals surface area contributed by atoms with Gasteiger partial charge in [-0.25, -0.2) is 13.1 Å². The zero-order chi connectivity index (χ0) is 14.8. The van der Waals surface area contributed by atoms with Crippen LogP contribution in [0.2, 0.25) is 0 Å². The summed E-state index contributed by atoms with van der Waals surface area (Å²) in [6.45, 7) is 0.693. The lowest BCUT2D eigenvalue weighted by molar-refractivity contribution is -0.132. The Morgan fingerprint density at radius 2 is 2.20 bits per heavy atom. The number of sulfonamides is 1. The van der Waals surface area contributed by atoms with Crippen LogP contribution in [0, 0.1) is 0 Å². The number of nitrogens with two attached hydrogens (primary N) is 1. The Morgan fingerprint density at radius 3 is 2.85 bits per heavy atom. The number of amides is 1. The normalized spacial score (nSPS) is 20.2. The van der Waals surface area contributed by atoms with Crippen molar-refractivity contribution >= 4 is 15.9 Å². The van der Waals surface area contributed by atoms with E-state index in [2.05, 4.69) is 4.72 Å². The van der Waals surface area contributed by atoms with Crippen LogP contribution < -0.4 is 10.5 Å². The van der Waals surface area contributed by atoms with Gasteiger partial charge in [0, 0.05) is 32.6 Å².